The van der Waals surface area contributed by atoms with E-state index in [2.05, 4.69) is 21.2 Å². The Bertz CT molecular complexity index is 608. The summed E-state index contributed by atoms with van der Waals surface area (Å²) in [4.78, 5) is 0. The van der Waals surface area contributed by atoms with Gasteiger partial charge < -0.3 is 5.32 Å². The Morgan fingerprint density at radius 3 is 2.15 bits per heavy atom. The van der Waals surface area contributed by atoms with Crippen molar-refractivity contribution in [2.45, 2.75) is 13.1 Å². The Balaban J connectivity index is 2.01. The van der Waals surface area contributed by atoms with Crippen molar-refractivity contribution in [2.75, 3.05) is 0 Å². The minimum Gasteiger partial charge on any atom is -0.309 e. The summed E-state index contributed by atoms with van der Waals surface area (Å²) in [5.74, 6) is -4.35. The van der Waals surface area contributed by atoms with Crippen LogP contribution in [0, 0.1) is 23.3 Å². The molecule has 106 valence electrons. The summed E-state index contributed by atoms with van der Waals surface area (Å²) in [6.07, 6.45) is 0. The van der Waals surface area contributed by atoms with Crippen molar-refractivity contribution in [3.05, 3.63) is 69.2 Å². The van der Waals surface area contributed by atoms with Crippen LogP contribution in [0.4, 0.5) is 17.6 Å². The van der Waals surface area contributed by atoms with E-state index in [9.17, 15) is 17.6 Å². The second kappa shape index (κ2) is 6.37. The monoisotopic (exact) mass is 347 g/mol. The normalized spacial score (nSPS) is 10.8. The van der Waals surface area contributed by atoms with Gasteiger partial charge in [-0.25, -0.2) is 17.6 Å². The molecule has 2 aromatic rings. The Hall–Kier alpha value is -1.40. The summed E-state index contributed by atoms with van der Waals surface area (Å²) in [5, 5.41) is 2.84. The van der Waals surface area contributed by atoms with Crippen molar-refractivity contribution in [3.63, 3.8) is 0 Å². The van der Waals surface area contributed by atoms with E-state index in [0.717, 1.165) is 16.6 Å². The fourth-order valence-electron chi connectivity index (χ4n) is 1.73. The number of rotatable bonds is 4. The molecule has 0 saturated heterocycles. The van der Waals surface area contributed by atoms with Crippen LogP contribution in [0.1, 0.15) is 11.1 Å². The van der Waals surface area contributed by atoms with E-state index >= 15 is 0 Å². The first-order chi connectivity index (χ1) is 9.47. The first kappa shape index (κ1) is 15.0. The van der Waals surface area contributed by atoms with E-state index in [1.54, 1.807) is 12.1 Å². The molecule has 20 heavy (non-hydrogen) atoms. The van der Waals surface area contributed by atoms with Gasteiger partial charge in [0.05, 0.1) is 0 Å². The van der Waals surface area contributed by atoms with Crippen LogP contribution >= 0.6 is 15.9 Å². The molecule has 0 aromatic heterocycles. The molecule has 0 spiro atoms. The maximum absolute atomic E-state index is 13.4. The lowest BCUT2D eigenvalue weighted by atomic mass is 10.2. The van der Waals surface area contributed by atoms with Gasteiger partial charge in [0, 0.05) is 23.1 Å². The third kappa shape index (κ3) is 3.58. The van der Waals surface area contributed by atoms with Gasteiger partial charge in [0.15, 0.2) is 17.5 Å². The Kier molecular flexibility index (Phi) is 4.77. The van der Waals surface area contributed by atoms with Crippen molar-refractivity contribution in [2.24, 2.45) is 0 Å². The van der Waals surface area contributed by atoms with E-state index in [1.807, 2.05) is 0 Å². The van der Waals surface area contributed by atoms with Crippen molar-refractivity contribution in [1.82, 2.24) is 5.32 Å². The highest BCUT2D eigenvalue weighted by molar-refractivity contribution is 9.10. The fourth-order valence-corrected chi connectivity index (χ4v) is 2.14. The minimum absolute atomic E-state index is 0.0973. The molecule has 1 nitrogen and oxygen atoms in total. The third-order valence-corrected chi connectivity index (χ3v) is 3.19. The zero-order valence-electron chi connectivity index (χ0n) is 10.2. The largest absolute Gasteiger partial charge is 0.309 e. The van der Waals surface area contributed by atoms with Gasteiger partial charge in [-0.1, -0.05) is 15.9 Å². The molecule has 0 amide bonds. The molecule has 2 aromatic carbocycles. The van der Waals surface area contributed by atoms with Gasteiger partial charge in [0.2, 0.25) is 0 Å². The molecule has 0 saturated carbocycles. The summed E-state index contributed by atoms with van der Waals surface area (Å²) in [5.41, 5.74) is 0.666. The van der Waals surface area contributed by atoms with Gasteiger partial charge in [0.1, 0.15) is 5.82 Å². The zero-order valence-corrected chi connectivity index (χ0v) is 11.8. The predicted molar refractivity (Wildman–Crippen MR) is 71.0 cm³/mol. The molecule has 0 radical (unpaired) electrons. The predicted octanol–water partition coefficient (Wildman–Crippen LogP) is 4.30. The molecule has 0 heterocycles. The SMILES string of the molecule is Fc1ccc(Br)cc1CNCc1cc(F)c(F)c(F)c1. The van der Waals surface area contributed by atoms with Crippen molar-refractivity contribution >= 4 is 15.9 Å². The fraction of sp³-hybridized carbons (Fsp3) is 0.143. The maximum Gasteiger partial charge on any atom is 0.194 e. The van der Waals surface area contributed by atoms with E-state index in [1.165, 1.54) is 6.07 Å². The highest BCUT2D eigenvalue weighted by atomic mass is 79.9. The molecule has 0 bridgehead atoms. The van der Waals surface area contributed by atoms with Gasteiger partial charge >= 0.3 is 0 Å². The van der Waals surface area contributed by atoms with Gasteiger partial charge in [-0.05, 0) is 35.9 Å². The summed E-state index contributed by atoms with van der Waals surface area (Å²) < 4.78 is 52.9. The molecule has 1 N–H and O–H groups in total. The molecule has 0 aliphatic rings. The number of hydrogen-bond donors (Lipinski definition) is 1. The van der Waals surface area contributed by atoms with E-state index in [4.69, 9.17) is 0 Å². The summed E-state index contributed by atoms with van der Waals surface area (Å²) in [6, 6.07) is 6.31. The average molecular weight is 348 g/mol. The molecule has 6 heteroatoms. The minimum atomic E-state index is -1.49. The van der Waals surface area contributed by atoms with Gasteiger partial charge in [-0.15, -0.1) is 0 Å². The lowest BCUT2D eigenvalue weighted by molar-refractivity contribution is 0.444. The lowest BCUT2D eigenvalue weighted by Gasteiger charge is -2.07. The Labute approximate surface area is 121 Å². The second-order valence-corrected chi connectivity index (χ2v) is 5.13. The van der Waals surface area contributed by atoms with Crippen molar-refractivity contribution in [1.29, 1.82) is 0 Å². The number of nitrogens with one attached hydrogen (secondary N) is 1. The van der Waals surface area contributed by atoms with Crippen LogP contribution in [0.2, 0.25) is 0 Å². The first-order valence-electron chi connectivity index (χ1n) is 5.75. The second-order valence-electron chi connectivity index (χ2n) is 4.21. The topological polar surface area (TPSA) is 12.0 Å². The molecule has 0 aliphatic carbocycles. The molecular formula is C14H10BrF4N. The Morgan fingerprint density at radius 1 is 0.850 bits per heavy atom. The van der Waals surface area contributed by atoms with Gasteiger partial charge in [-0.2, -0.15) is 0 Å². The molecule has 0 fully saturated rings. The first-order valence-corrected chi connectivity index (χ1v) is 6.54. The molecule has 0 atom stereocenters. The summed E-state index contributed by atoms with van der Waals surface area (Å²) in [7, 11) is 0. The van der Waals surface area contributed by atoms with Crippen molar-refractivity contribution in [3.8, 4) is 0 Å². The summed E-state index contributed by atoms with van der Waals surface area (Å²) in [6.45, 7) is 0.284. The van der Waals surface area contributed by atoms with Gasteiger partial charge in [0.25, 0.3) is 0 Å². The molecule has 2 rings (SSSR count). The van der Waals surface area contributed by atoms with Crippen molar-refractivity contribution < 1.29 is 17.6 Å². The van der Waals surface area contributed by atoms with Crippen LogP contribution in [0.25, 0.3) is 0 Å². The lowest BCUT2D eigenvalue weighted by Crippen LogP contribution is -2.14. The smallest absolute Gasteiger partial charge is 0.194 e. The Morgan fingerprint density at radius 2 is 1.50 bits per heavy atom. The number of benzene rings is 2. The third-order valence-electron chi connectivity index (χ3n) is 2.70. The van der Waals surface area contributed by atoms with Gasteiger partial charge in [-0.3, -0.25) is 0 Å². The highest BCUT2D eigenvalue weighted by Gasteiger charge is 2.10. The molecular weight excluding hydrogens is 338 g/mol. The van der Waals surface area contributed by atoms with Crippen LogP contribution in [-0.4, -0.2) is 0 Å². The zero-order chi connectivity index (χ0) is 14.7. The van der Waals surface area contributed by atoms with Crippen LogP contribution in [0.3, 0.4) is 0 Å². The van der Waals surface area contributed by atoms with Crippen LogP contribution in [0.15, 0.2) is 34.8 Å². The highest BCUT2D eigenvalue weighted by Crippen LogP contribution is 2.16. The maximum atomic E-state index is 13.4. The summed E-state index contributed by atoms with van der Waals surface area (Å²) >= 11 is 3.22. The van der Waals surface area contributed by atoms with Crippen LogP contribution < -0.4 is 5.32 Å². The quantitative estimate of drug-likeness (QED) is 0.642. The molecule has 0 aliphatic heterocycles. The molecule has 0 unspecified atom stereocenters. The van der Waals surface area contributed by atoms with E-state index in [0.29, 0.717) is 5.56 Å². The number of hydrogen-bond acceptors (Lipinski definition) is 1. The van der Waals surface area contributed by atoms with Crippen LogP contribution in [0.5, 0.6) is 0 Å². The van der Waals surface area contributed by atoms with E-state index < -0.39 is 17.5 Å². The van der Waals surface area contributed by atoms with E-state index in [-0.39, 0.29) is 24.5 Å². The van der Waals surface area contributed by atoms with Crippen LogP contribution in [-0.2, 0) is 13.1 Å². The number of halogens is 5. The standard InChI is InChI=1S/C14H10BrF4N/c15-10-1-2-11(16)9(5-10)7-20-6-8-3-12(17)14(19)13(18)4-8/h1-5,20H,6-7H2. The average Bonchev–Trinajstić information content (AvgIpc) is 2.40.